The zero-order chi connectivity index (χ0) is 35.5. The van der Waals surface area contributed by atoms with Crippen LogP contribution in [0.3, 0.4) is 0 Å². The monoisotopic (exact) mass is 701 g/mol. The number of rotatable bonds is 5. The molecule has 2 aromatic heterocycles. The molecule has 9 aromatic rings. The van der Waals surface area contributed by atoms with Crippen molar-refractivity contribution < 1.29 is 4.42 Å². The average molecular weight is 702 g/mol. The first-order chi connectivity index (χ1) is 26.1. The number of aliphatic imine (C=N–C) groups is 2. The highest BCUT2D eigenvalue weighted by Gasteiger charge is 2.21. The standard InChI is InChI=1S/C48H35N3OS/c1-29-21-23-43-38(25-29)39-26-32(22-24-44(39)53-43)34-17-9-19-41-45(34)46-37(18-10-20-42(46)52-41)47(49)51-48(50-28-30-11-3-2-4-12-30)40-27-31-13-5-6-14-33(31)35-15-7-8-16-36(35)40/h2-24,26-27,29H,25,28H2,1H3,(H2,49,50,51). The minimum absolute atomic E-state index is 0.389. The van der Waals surface area contributed by atoms with E-state index in [-0.39, 0.29) is 0 Å². The van der Waals surface area contributed by atoms with Gasteiger partial charge in [0.1, 0.15) is 17.0 Å². The van der Waals surface area contributed by atoms with Crippen molar-refractivity contribution in [2.75, 3.05) is 0 Å². The summed E-state index contributed by atoms with van der Waals surface area (Å²) >= 11 is 1.88. The average Bonchev–Trinajstić information content (AvgIpc) is 3.77. The lowest BCUT2D eigenvalue weighted by molar-refractivity contribution is 0.669. The molecule has 4 nitrogen and oxygen atoms in total. The van der Waals surface area contributed by atoms with Gasteiger partial charge in [-0.1, -0.05) is 122 Å². The molecule has 5 heteroatoms. The van der Waals surface area contributed by atoms with Gasteiger partial charge in [0, 0.05) is 31.5 Å². The van der Waals surface area contributed by atoms with Crippen molar-refractivity contribution in [1.82, 2.24) is 0 Å². The number of nitrogens with zero attached hydrogens (tertiary/aromatic N) is 2. The van der Waals surface area contributed by atoms with Crippen LogP contribution < -0.4 is 5.73 Å². The summed E-state index contributed by atoms with van der Waals surface area (Å²) in [5, 5.41) is 7.89. The van der Waals surface area contributed by atoms with Crippen molar-refractivity contribution in [2.45, 2.75) is 19.9 Å². The van der Waals surface area contributed by atoms with Gasteiger partial charge in [-0.15, -0.1) is 11.3 Å². The number of hydrogen-bond donors (Lipinski definition) is 1. The Balaban J connectivity index is 1.17. The minimum atomic E-state index is 0.389. The van der Waals surface area contributed by atoms with E-state index in [1.165, 1.54) is 25.9 Å². The SMILES string of the molecule is CC1C=Cc2sc3ccc(-c4cccc5oc6cccc(/C(N)=N/C(=N\Cc7ccccc7)c7cc8ccccc8c8ccccc78)c6c45)cc3c2C1. The Morgan fingerprint density at radius 2 is 1.47 bits per heavy atom. The first kappa shape index (κ1) is 31.4. The van der Waals surface area contributed by atoms with E-state index < -0.39 is 0 Å². The molecule has 254 valence electrons. The van der Waals surface area contributed by atoms with Crippen molar-refractivity contribution in [2.24, 2.45) is 21.6 Å². The van der Waals surface area contributed by atoms with Gasteiger partial charge in [-0.25, -0.2) is 4.99 Å². The molecule has 0 saturated carbocycles. The molecule has 0 saturated heterocycles. The molecule has 0 amide bonds. The number of thiophene rings is 1. The number of allylic oxidation sites excluding steroid dienone is 1. The van der Waals surface area contributed by atoms with E-state index in [4.69, 9.17) is 20.1 Å². The van der Waals surface area contributed by atoms with Gasteiger partial charge in [0.2, 0.25) is 0 Å². The van der Waals surface area contributed by atoms with Crippen LogP contribution in [-0.4, -0.2) is 11.7 Å². The van der Waals surface area contributed by atoms with Gasteiger partial charge >= 0.3 is 0 Å². The zero-order valence-electron chi connectivity index (χ0n) is 29.2. The number of amidine groups is 2. The molecular weight excluding hydrogens is 667 g/mol. The highest BCUT2D eigenvalue weighted by atomic mass is 32.1. The molecule has 53 heavy (non-hydrogen) atoms. The quantitative estimate of drug-likeness (QED) is 0.110. The maximum Gasteiger partial charge on any atom is 0.157 e. The summed E-state index contributed by atoms with van der Waals surface area (Å²) in [5.74, 6) is 1.51. The Morgan fingerprint density at radius 1 is 0.717 bits per heavy atom. The van der Waals surface area contributed by atoms with Gasteiger partial charge in [-0.3, -0.25) is 4.99 Å². The molecule has 0 spiro atoms. The van der Waals surface area contributed by atoms with Crippen LogP contribution in [0, 0.1) is 5.92 Å². The van der Waals surface area contributed by atoms with Crippen LogP contribution in [-0.2, 0) is 13.0 Å². The van der Waals surface area contributed by atoms with E-state index in [2.05, 4.69) is 116 Å². The van der Waals surface area contributed by atoms with Crippen molar-refractivity contribution in [3.8, 4) is 11.1 Å². The normalized spacial score (nSPS) is 14.9. The van der Waals surface area contributed by atoms with Gasteiger partial charge in [0.15, 0.2) is 5.84 Å². The third kappa shape index (κ3) is 5.44. The number of benzene rings is 7. The Bertz CT molecular complexity index is 2980. The summed E-state index contributed by atoms with van der Waals surface area (Å²) in [6.07, 6.45) is 5.68. The second-order valence-corrected chi connectivity index (χ2v) is 15.1. The summed E-state index contributed by atoms with van der Waals surface area (Å²) < 4.78 is 7.86. The maximum atomic E-state index is 7.14. The molecular formula is C48H35N3OS. The molecule has 2 N–H and O–H groups in total. The van der Waals surface area contributed by atoms with E-state index in [0.29, 0.717) is 24.1 Å². The highest BCUT2D eigenvalue weighted by Crippen LogP contribution is 2.42. The van der Waals surface area contributed by atoms with E-state index in [1.807, 2.05) is 53.8 Å². The molecule has 2 heterocycles. The Labute approximate surface area is 311 Å². The van der Waals surface area contributed by atoms with Gasteiger partial charge < -0.3 is 10.2 Å². The molecule has 1 unspecified atom stereocenters. The van der Waals surface area contributed by atoms with Crippen molar-refractivity contribution in [3.05, 3.63) is 173 Å². The zero-order valence-corrected chi connectivity index (χ0v) is 30.0. The topological polar surface area (TPSA) is 63.9 Å². The fourth-order valence-electron chi connectivity index (χ4n) is 7.99. The second kappa shape index (κ2) is 12.7. The van der Waals surface area contributed by atoms with E-state index in [0.717, 1.165) is 72.3 Å². The lowest BCUT2D eigenvalue weighted by Crippen LogP contribution is -2.17. The summed E-state index contributed by atoms with van der Waals surface area (Å²) in [5.41, 5.74) is 15.3. The summed E-state index contributed by atoms with van der Waals surface area (Å²) in [4.78, 5) is 11.8. The fourth-order valence-corrected chi connectivity index (χ4v) is 9.11. The van der Waals surface area contributed by atoms with Crippen molar-refractivity contribution in [1.29, 1.82) is 0 Å². The third-order valence-corrected chi connectivity index (χ3v) is 11.7. The van der Waals surface area contributed by atoms with Crippen LogP contribution in [0.2, 0.25) is 0 Å². The molecule has 0 aliphatic heterocycles. The van der Waals surface area contributed by atoms with Gasteiger partial charge in [-0.2, -0.15) is 0 Å². The van der Waals surface area contributed by atoms with E-state index in [9.17, 15) is 0 Å². The van der Waals surface area contributed by atoms with Crippen LogP contribution in [0.15, 0.2) is 160 Å². The first-order valence-electron chi connectivity index (χ1n) is 18.1. The second-order valence-electron chi connectivity index (χ2n) is 14.0. The molecule has 0 radical (unpaired) electrons. The van der Waals surface area contributed by atoms with Crippen LogP contribution in [0.5, 0.6) is 0 Å². The molecule has 1 atom stereocenters. The number of hydrogen-bond acceptors (Lipinski definition) is 3. The van der Waals surface area contributed by atoms with Crippen LogP contribution in [0.4, 0.5) is 0 Å². The summed E-state index contributed by atoms with van der Waals surface area (Å²) in [7, 11) is 0. The third-order valence-electron chi connectivity index (χ3n) is 10.5. The van der Waals surface area contributed by atoms with E-state index in [1.54, 1.807) is 0 Å². The Morgan fingerprint density at radius 3 is 2.34 bits per heavy atom. The minimum Gasteiger partial charge on any atom is -0.456 e. The van der Waals surface area contributed by atoms with Crippen LogP contribution in [0.1, 0.15) is 34.1 Å². The summed E-state index contributed by atoms with van der Waals surface area (Å²) in [6.45, 7) is 2.76. The fraction of sp³-hybridized carbons (Fsp3) is 0.0833. The van der Waals surface area contributed by atoms with Crippen LogP contribution >= 0.6 is 11.3 Å². The van der Waals surface area contributed by atoms with Gasteiger partial charge in [0.05, 0.1) is 6.54 Å². The molecule has 10 rings (SSSR count). The Hall–Kier alpha value is -6.30. The number of furan rings is 1. The van der Waals surface area contributed by atoms with Crippen molar-refractivity contribution >= 4 is 82.7 Å². The maximum absolute atomic E-state index is 7.14. The smallest absolute Gasteiger partial charge is 0.157 e. The largest absolute Gasteiger partial charge is 0.456 e. The highest BCUT2D eigenvalue weighted by molar-refractivity contribution is 7.20. The molecule has 1 aliphatic rings. The van der Waals surface area contributed by atoms with Crippen molar-refractivity contribution in [3.63, 3.8) is 0 Å². The predicted molar refractivity (Wildman–Crippen MR) is 225 cm³/mol. The summed E-state index contributed by atoms with van der Waals surface area (Å²) in [6, 6.07) is 48.7. The molecule has 1 aliphatic carbocycles. The molecule has 0 fully saturated rings. The van der Waals surface area contributed by atoms with Gasteiger partial charge in [-0.05, 0) is 97.9 Å². The van der Waals surface area contributed by atoms with Crippen LogP contribution in [0.25, 0.3) is 70.8 Å². The predicted octanol–water partition coefficient (Wildman–Crippen LogP) is 12.3. The molecule has 7 aromatic carbocycles. The van der Waals surface area contributed by atoms with Gasteiger partial charge in [0.25, 0.3) is 0 Å². The van der Waals surface area contributed by atoms with E-state index >= 15 is 0 Å². The lowest BCUT2D eigenvalue weighted by Gasteiger charge is -2.13. The Kier molecular flexibility index (Phi) is 7.55. The number of fused-ring (bicyclic) bond motifs is 9. The molecule has 0 bridgehead atoms. The first-order valence-corrected chi connectivity index (χ1v) is 18.9. The lowest BCUT2D eigenvalue weighted by atomic mass is 9.91. The number of nitrogens with two attached hydrogens (primary N) is 1.